The van der Waals surface area contributed by atoms with Crippen molar-refractivity contribution in [2.24, 2.45) is 0 Å². The monoisotopic (exact) mass is 239 g/mol. The first-order valence-corrected chi connectivity index (χ1v) is 5.85. The van der Waals surface area contributed by atoms with Gasteiger partial charge < -0.3 is 19.9 Å². The predicted octanol–water partition coefficient (Wildman–Crippen LogP) is 1.18. The number of aliphatic hydroxyl groups is 1. The van der Waals surface area contributed by atoms with Gasteiger partial charge in [-0.1, -0.05) is 18.2 Å². The molecule has 96 valence electrons. The Labute approximate surface area is 103 Å². The number of aliphatic hydroxyl groups excluding tert-OH is 1. The lowest BCUT2D eigenvalue weighted by Gasteiger charge is -2.16. The maximum Gasteiger partial charge on any atom is 0.123 e. The summed E-state index contributed by atoms with van der Waals surface area (Å²) in [5, 5.41) is 12.4. The number of hydrogen-bond acceptors (Lipinski definition) is 4. The molecule has 0 fully saturated rings. The van der Waals surface area contributed by atoms with Gasteiger partial charge in [0.1, 0.15) is 5.75 Å². The van der Waals surface area contributed by atoms with Crippen molar-refractivity contribution in [3.8, 4) is 5.75 Å². The first kappa shape index (κ1) is 14.0. The van der Waals surface area contributed by atoms with E-state index in [0.29, 0.717) is 19.8 Å². The van der Waals surface area contributed by atoms with E-state index in [1.54, 1.807) is 7.11 Å². The highest BCUT2D eigenvalue weighted by molar-refractivity contribution is 5.33. The van der Waals surface area contributed by atoms with Crippen LogP contribution in [-0.2, 0) is 11.3 Å². The molecule has 0 aliphatic heterocycles. The zero-order chi connectivity index (χ0) is 12.5. The molecule has 0 saturated heterocycles. The molecular formula is C13H21NO3. The Bertz CT molecular complexity index is 317. The van der Waals surface area contributed by atoms with E-state index >= 15 is 0 Å². The van der Waals surface area contributed by atoms with Crippen LogP contribution in [0.2, 0.25) is 0 Å². The van der Waals surface area contributed by atoms with E-state index in [-0.39, 0.29) is 12.6 Å². The lowest BCUT2D eigenvalue weighted by molar-refractivity contribution is 0.128. The summed E-state index contributed by atoms with van der Waals surface area (Å²) in [5.41, 5.74) is 1.09. The van der Waals surface area contributed by atoms with Gasteiger partial charge in [-0.2, -0.15) is 0 Å². The van der Waals surface area contributed by atoms with Crippen molar-refractivity contribution in [3.05, 3.63) is 29.8 Å². The number of hydrogen-bond donors (Lipinski definition) is 2. The maximum absolute atomic E-state index is 9.13. The van der Waals surface area contributed by atoms with Gasteiger partial charge in [-0.05, 0) is 13.0 Å². The molecule has 0 amide bonds. The molecule has 4 heteroatoms. The molecule has 1 aromatic carbocycles. The van der Waals surface area contributed by atoms with Gasteiger partial charge in [0.2, 0.25) is 0 Å². The van der Waals surface area contributed by atoms with Gasteiger partial charge in [0.25, 0.3) is 0 Å². The molecular weight excluding hydrogens is 218 g/mol. The Morgan fingerprint density at radius 1 is 1.35 bits per heavy atom. The van der Waals surface area contributed by atoms with Crippen LogP contribution in [0.1, 0.15) is 12.5 Å². The molecule has 0 aliphatic carbocycles. The van der Waals surface area contributed by atoms with Crippen LogP contribution in [0.4, 0.5) is 0 Å². The zero-order valence-corrected chi connectivity index (χ0v) is 10.5. The first-order chi connectivity index (χ1) is 8.31. The minimum absolute atomic E-state index is 0.0466. The van der Waals surface area contributed by atoms with Crippen LogP contribution in [0.15, 0.2) is 24.3 Å². The molecule has 0 saturated carbocycles. The lowest BCUT2D eigenvalue weighted by atomic mass is 10.2. The Morgan fingerprint density at radius 3 is 2.76 bits per heavy atom. The van der Waals surface area contributed by atoms with Crippen LogP contribution in [0.25, 0.3) is 0 Å². The van der Waals surface area contributed by atoms with Gasteiger partial charge >= 0.3 is 0 Å². The molecule has 4 nitrogen and oxygen atoms in total. The van der Waals surface area contributed by atoms with E-state index in [9.17, 15) is 0 Å². The third-order valence-electron chi connectivity index (χ3n) is 2.44. The van der Waals surface area contributed by atoms with Gasteiger partial charge in [0, 0.05) is 19.2 Å². The maximum atomic E-state index is 9.13. The fourth-order valence-corrected chi connectivity index (χ4v) is 1.58. The molecule has 0 heterocycles. The van der Waals surface area contributed by atoms with E-state index in [0.717, 1.165) is 11.3 Å². The van der Waals surface area contributed by atoms with Crippen LogP contribution in [0.3, 0.4) is 0 Å². The fourth-order valence-electron chi connectivity index (χ4n) is 1.58. The lowest BCUT2D eigenvalue weighted by Crippen LogP contribution is -2.36. The highest BCUT2D eigenvalue weighted by atomic mass is 16.5. The van der Waals surface area contributed by atoms with Gasteiger partial charge in [0.05, 0.1) is 25.9 Å². The molecule has 1 aromatic rings. The number of nitrogens with one attached hydrogen (secondary N) is 1. The average molecular weight is 239 g/mol. The quantitative estimate of drug-likeness (QED) is 0.715. The normalized spacial score (nSPS) is 12.4. The summed E-state index contributed by atoms with van der Waals surface area (Å²) in [6, 6.07) is 7.84. The van der Waals surface area contributed by atoms with Gasteiger partial charge in [-0.25, -0.2) is 0 Å². The van der Waals surface area contributed by atoms with Crippen molar-refractivity contribution in [3.63, 3.8) is 0 Å². The van der Waals surface area contributed by atoms with E-state index in [1.807, 2.05) is 31.2 Å². The Kier molecular flexibility index (Phi) is 6.62. The van der Waals surface area contributed by atoms with E-state index in [1.165, 1.54) is 0 Å². The highest BCUT2D eigenvalue weighted by Crippen LogP contribution is 2.17. The second-order valence-electron chi connectivity index (χ2n) is 3.76. The third kappa shape index (κ3) is 4.73. The molecule has 17 heavy (non-hydrogen) atoms. The molecule has 1 rings (SSSR count). The van der Waals surface area contributed by atoms with Crippen molar-refractivity contribution >= 4 is 0 Å². The van der Waals surface area contributed by atoms with Crippen LogP contribution in [0, 0.1) is 0 Å². The second-order valence-corrected chi connectivity index (χ2v) is 3.76. The summed E-state index contributed by atoms with van der Waals surface area (Å²) in [7, 11) is 1.62. The first-order valence-electron chi connectivity index (χ1n) is 5.85. The zero-order valence-electron chi connectivity index (χ0n) is 10.5. The molecule has 1 unspecified atom stereocenters. The number of rotatable bonds is 8. The minimum atomic E-state index is -0.0466. The fraction of sp³-hybridized carbons (Fsp3) is 0.538. The molecule has 0 aliphatic rings. The summed E-state index contributed by atoms with van der Waals surface area (Å²) in [6.45, 7) is 3.83. The van der Waals surface area contributed by atoms with Crippen molar-refractivity contribution in [1.82, 2.24) is 5.32 Å². The van der Waals surface area contributed by atoms with E-state index in [4.69, 9.17) is 14.6 Å². The van der Waals surface area contributed by atoms with Crippen LogP contribution in [0.5, 0.6) is 5.75 Å². The van der Waals surface area contributed by atoms with Crippen LogP contribution >= 0.6 is 0 Å². The van der Waals surface area contributed by atoms with Crippen molar-refractivity contribution < 1.29 is 14.6 Å². The Morgan fingerprint density at radius 2 is 2.12 bits per heavy atom. The summed E-state index contributed by atoms with van der Waals surface area (Å²) >= 11 is 0. The molecule has 2 N–H and O–H groups in total. The van der Waals surface area contributed by atoms with Gasteiger partial charge in [-0.3, -0.25) is 0 Å². The number of benzene rings is 1. The van der Waals surface area contributed by atoms with Crippen molar-refractivity contribution in [2.45, 2.75) is 19.5 Å². The highest BCUT2D eigenvalue weighted by Gasteiger charge is 2.08. The predicted molar refractivity (Wildman–Crippen MR) is 67.2 cm³/mol. The molecule has 0 radical (unpaired) electrons. The van der Waals surface area contributed by atoms with Crippen molar-refractivity contribution in [2.75, 3.05) is 26.9 Å². The van der Waals surface area contributed by atoms with Gasteiger partial charge in [-0.15, -0.1) is 0 Å². The Balaban J connectivity index is 2.55. The SMILES string of the molecule is CCOc1ccccc1CNC(CO)COC. The standard InChI is InChI=1S/C13H21NO3/c1-3-17-13-7-5-4-6-11(13)8-14-12(9-15)10-16-2/h4-7,12,14-15H,3,8-10H2,1-2H3. The molecule has 0 spiro atoms. The smallest absolute Gasteiger partial charge is 0.123 e. The minimum Gasteiger partial charge on any atom is -0.494 e. The molecule has 0 aromatic heterocycles. The third-order valence-corrected chi connectivity index (χ3v) is 2.44. The number of para-hydroxylation sites is 1. The summed E-state index contributed by atoms with van der Waals surface area (Å²) < 4.78 is 10.5. The molecule has 1 atom stereocenters. The van der Waals surface area contributed by atoms with Crippen molar-refractivity contribution in [1.29, 1.82) is 0 Å². The summed E-state index contributed by atoms with van der Waals surface area (Å²) in [4.78, 5) is 0. The topological polar surface area (TPSA) is 50.7 Å². The Hall–Kier alpha value is -1.10. The van der Waals surface area contributed by atoms with E-state index < -0.39 is 0 Å². The number of ether oxygens (including phenoxy) is 2. The second kappa shape index (κ2) is 8.06. The van der Waals surface area contributed by atoms with E-state index in [2.05, 4.69) is 5.32 Å². The molecule has 0 bridgehead atoms. The largest absolute Gasteiger partial charge is 0.494 e. The number of methoxy groups -OCH3 is 1. The van der Waals surface area contributed by atoms with Gasteiger partial charge in [0.15, 0.2) is 0 Å². The van der Waals surface area contributed by atoms with Crippen LogP contribution in [-0.4, -0.2) is 38.1 Å². The average Bonchev–Trinajstić information content (AvgIpc) is 2.36. The summed E-state index contributed by atoms with van der Waals surface area (Å²) in [6.07, 6.45) is 0. The summed E-state index contributed by atoms with van der Waals surface area (Å²) in [5.74, 6) is 0.886. The van der Waals surface area contributed by atoms with Crippen LogP contribution < -0.4 is 10.1 Å².